The minimum atomic E-state index is -0.651. The van der Waals surface area contributed by atoms with Gasteiger partial charge in [0.05, 0.1) is 0 Å². The molecular weight excluding hydrogens is 264 g/mol. The fourth-order valence-corrected chi connectivity index (χ4v) is 1.36. The summed E-state index contributed by atoms with van der Waals surface area (Å²) in [6.45, 7) is 4.06. The number of carbonyl (C=O) groups excluding carboxylic acids is 2. The second-order valence-electron chi connectivity index (χ2n) is 3.78. The van der Waals surface area contributed by atoms with Crippen LogP contribution in [0.1, 0.15) is 58.8 Å². The number of carbonyl (C=O) groups is 2. The number of rotatable bonds is 8. The molecule has 0 aliphatic carbocycles. The Bertz CT molecular complexity index is 263. The monoisotopic (exact) mass is 284 g/mol. The molecule has 0 amide bonds. The van der Waals surface area contributed by atoms with Crippen molar-refractivity contribution in [3.8, 4) is 0 Å². The second kappa shape index (κ2) is 10.5. The Morgan fingerprint density at radius 2 is 1.59 bits per heavy atom. The zero-order chi connectivity index (χ0) is 13.1. The Balaban J connectivity index is 3.68. The van der Waals surface area contributed by atoms with E-state index in [1.807, 2.05) is 13.8 Å². The molecule has 0 radical (unpaired) electrons. The van der Waals surface area contributed by atoms with Crippen molar-refractivity contribution in [3.63, 3.8) is 0 Å². The van der Waals surface area contributed by atoms with Crippen LogP contribution in [0.4, 0.5) is 0 Å². The predicted molar refractivity (Wildman–Crippen MR) is 60.9 cm³/mol. The third kappa shape index (κ3) is 9.07. The molecule has 0 saturated heterocycles. The van der Waals surface area contributed by atoms with Crippen LogP contribution in [0.5, 0.6) is 0 Å². The van der Waals surface area contributed by atoms with Gasteiger partial charge in [-0.25, -0.2) is 0 Å². The van der Waals surface area contributed by atoms with Crippen LogP contribution in [-0.4, -0.2) is 16.4 Å². The Morgan fingerprint density at radius 3 is 2.18 bits per heavy atom. The second-order valence-corrected chi connectivity index (χ2v) is 4.44. The Labute approximate surface area is 110 Å². The summed E-state index contributed by atoms with van der Waals surface area (Å²) >= 11 is 3.58. The maximum atomic E-state index is 11.3. The molecule has 0 aromatic rings. The maximum absolute atomic E-state index is 11.3. The average molecular weight is 284 g/mol. The Morgan fingerprint density at radius 1 is 0.941 bits per heavy atom. The van der Waals surface area contributed by atoms with Gasteiger partial charge in [0.2, 0.25) is 0 Å². The molecule has 0 N–H and O–H groups in total. The van der Waals surface area contributed by atoms with E-state index in [2.05, 4.69) is 25.4 Å². The van der Waals surface area contributed by atoms with Gasteiger partial charge in [-0.3, -0.25) is 0 Å². The molecule has 0 spiro atoms. The van der Waals surface area contributed by atoms with Crippen LogP contribution >= 0.6 is 0 Å². The van der Waals surface area contributed by atoms with Crippen LogP contribution in [-0.2, 0) is 34.9 Å². The molecule has 0 unspecified atom stereocenters. The van der Waals surface area contributed by atoms with Crippen LogP contribution < -0.4 is 0 Å². The summed E-state index contributed by atoms with van der Waals surface area (Å²) in [5.74, 6) is -1.16. The van der Waals surface area contributed by atoms with Gasteiger partial charge in [0, 0.05) is 0 Å². The van der Waals surface area contributed by atoms with E-state index in [1.165, 1.54) is 0 Å². The van der Waals surface area contributed by atoms with E-state index in [0.29, 0.717) is 10.8 Å². The molecule has 0 saturated carbocycles. The van der Waals surface area contributed by atoms with E-state index in [0.717, 1.165) is 32.1 Å². The van der Waals surface area contributed by atoms with E-state index in [-0.39, 0.29) is 6.42 Å². The summed E-state index contributed by atoms with van der Waals surface area (Å²) in [4.78, 5) is 31.2. The third-order valence-electron chi connectivity index (χ3n) is 2.15. The van der Waals surface area contributed by atoms with Gasteiger partial charge in [-0.2, -0.15) is 0 Å². The first-order valence-corrected chi connectivity index (χ1v) is 6.58. The van der Waals surface area contributed by atoms with Crippen LogP contribution in [0.15, 0.2) is 0 Å². The summed E-state index contributed by atoms with van der Waals surface area (Å²) in [5, 5.41) is 0. The van der Waals surface area contributed by atoms with Crippen molar-refractivity contribution in [2.24, 2.45) is 0 Å². The van der Waals surface area contributed by atoms with Gasteiger partial charge in [0.1, 0.15) is 0 Å². The molecule has 0 aromatic carbocycles. The van der Waals surface area contributed by atoms with Crippen molar-refractivity contribution in [2.45, 2.75) is 58.8 Å². The van der Waals surface area contributed by atoms with Crippen molar-refractivity contribution >= 4 is 16.4 Å². The van der Waals surface area contributed by atoms with Gasteiger partial charge < -0.3 is 0 Å². The summed E-state index contributed by atoms with van der Waals surface area (Å²) in [6.07, 6.45) is 5.45. The molecular formula is C12H20FeO4. The predicted octanol–water partition coefficient (Wildman–Crippen LogP) is 2.48. The third-order valence-corrected chi connectivity index (χ3v) is 2.66. The fourth-order valence-electron chi connectivity index (χ4n) is 1.12. The molecule has 0 fully saturated rings. The van der Waals surface area contributed by atoms with E-state index < -0.39 is 11.9 Å². The molecule has 0 atom stereocenters. The average Bonchev–Trinajstić information content (AvgIpc) is 2.33. The molecule has 0 aliphatic heterocycles. The van der Waals surface area contributed by atoms with Gasteiger partial charge in [-0.15, -0.1) is 0 Å². The first kappa shape index (κ1) is 16.3. The molecule has 0 aromatic heterocycles. The van der Waals surface area contributed by atoms with Crippen molar-refractivity contribution in [1.29, 1.82) is 0 Å². The summed E-state index contributed by atoms with van der Waals surface area (Å²) in [7, 11) is 0. The van der Waals surface area contributed by atoms with Gasteiger partial charge in [0.25, 0.3) is 0 Å². The van der Waals surface area contributed by atoms with Crippen molar-refractivity contribution in [3.05, 3.63) is 0 Å². The number of unbranched alkanes of at least 4 members (excludes halogenated alkanes) is 3. The van der Waals surface area contributed by atoms with Crippen LogP contribution in [0.2, 0.25) is 0 Å². The van der Waals surface area contributed by atoms with Crippen LogP contribution in [0.25, 0.3) is 0 Å². The SMILES string of the molecule is CCCCCC(=O)OOC(=O)[C](=[Fe])CCCC. The van der Waals surface area contributed by atoms with E-state index in [1.54, 1.807) is 0 Å². The van der Waals surface area contributed by atoms with Crippen LogP contribution in [0.3, 0.4) is 0 Å². The molecule has 0 heterocycles. The number of hydrogen-bond donors (Lipinski definition) is 0. The molecule has 0 aliphatic rings. The van der Waals surface area contributed by atoms with Gasteiger partial charge >= 0.3 is 110 Å². The molecule has 100 valence electrons. The fraction of sp³-hybridized carbons (Fsp3) is 0.750. The van der Waals surface area contributed by atoms with E-state index in [4.69, 9.17) is 0 Å². The summed E-state index contributed by atoms with van der Waals surface area (Å²) in [6, 6.07) is 0. The van der Waals surface area contributed by atoms with E-state index in [9.17, 15) is 9.59 Å². The molecule has 0 rings (SSSR count). The van der Waals surface area contributed by atoms with Gasteiger partial charge in [-0.1, -0.05) is 0 Å². The van der Waals surface area contributed by atoms with Crippen LogP contribution in [0, 0.1) is 0 Å². The van der Waals surface area contributed by atoms with Crippen molar-refractivity contribution < 1.29 is 34.9 Å². The molecule has 5 heteroatoms. The zero-order valence-corrected chi connectivity index (χ0v) is 11.5. The van der Waals surface area contributed by atoms with E-state index >= 15 is 0 Å². The quantitative estimate of drug-likeness (QED) is 0.297. The van der Waals surface area contributed by atoms with Gasteiger partial charge in [0.15, 0.2) is 0 Å². The minimum absolute atomic E-state index is 0.280. The summed E-state index contributed by atoms with van der Waals surface area (Å²) < 4.78 is 0.341. The summed E-state index contributed by atoms with van der Waals surface area (Å²) in [5.41, 5.74) is 0. The topological polar surface area (TPSA) is 52.6 Å². The standard InChI is InChI=1S/C12H20O4.Fe/c1-3-5-7-9-11(13)15-16-12(14)10-8-6-4-2;/h3-9H2,1-2H3;. The molecule has 4 nitrogen and oxygen atoms in total. The van der Waals surface area contributed by atoms with Gasteiger partial charge in [-0.05, 0) is 0 Å². The zero-order valence-electron chi connectivity index (χ0n) is 10.4. The van der Waals surface area contributed by atoms with Crippen molar-refractivity contribution in [2.75, 3.05) is 0 Å². The number of hydrogen-bond acceptors (Lipinski definition) is 4. The normalized spacial score (nSPS) is 9.82. The molecule has 0 bridgehead atoms. The molecule has 17 heavy (non-hydrogen) atoms. The Hall–Kier alpha value is -0.671. The first-order chi connectivity index (χ1) is 8.11. The Kier molecular flexibility index (Phi) is 10.1. The van der Waals surface area contributed by atoms with Crippen molar-refractivity contribution in [1.82, 2.24) is 0 Å². The first-order valence-electron chi connectivity index (χ1n) is 6.03.